The van der Waals surface area contributed by atoms with E-state index in [-0.39, 0.29) is 17.4 Å². The lowest BCUT2D eigenvalue weighted by Gasteiger charge is -2.14. The predicted octanol–water partition coefficient (Wildman–Crippen LogP) is 2.51. The Morgan fingerprint density at radius 1 is 1.04 bits per heavy atom. The summed E-state index contributed by atoms with van der Waals surface area (Å²) >= 11 is 0. The summed E-state index contributed by atoms with van der Waals surface area (Å²) in [4.78, 5) is 35.3. The molecule has 1 atom stereocenters. The summed E-state index contributed by atoms with van der Waals surface area (Å²) in [6.45, 7) is 3.25. The molecule has 0 aliphatic carbocycles. The average molecular weight is 340 g/mol. The number of carbonyl (C=O) groups excluding carboxylic acids is 3. The Morgan fingerprint density at radius 2 is 1.76 bits per heavy atom. The Morgan fingerprint density at radius 3 is 2.44 bits per heavy atom. The van der Waals surface area contributed by atoms with Gasteiger partial charge in [-0.05, 0) is 30.7 Å². The smallest absolute Gasteiger partial charge is 0.338 e. The van der Waals surface area contributed by atoms with Crippen LogP contribution in [0.4, 0.5) is 5.69 Å². The monoisotopic (exact) mass is 340 g/mol. The molecule has 6 nitrogen and oxygen atoms in total. The normalized spacial score (nSPS) is 11.3. The van der Waals surface area contributed by atoms with E-state index in [0.717, 1.165) is 5.56 Å². The van der Waals surface area contributed by atoms with Crippen LogP contribution in [0, 0.1) is 0 Å². The van der Waals surface area contributed by atoms with E-state index in [9.17, 15) is 14.4 Å². The van der Waals surface area contributed by atoms with Crippen molar-refractivity contribution < 1.29 is 19.1 Å². The molecule has 0 aromatic heterocycles. The zero-order chi connectivity index (χ0) is 18.2. The van der Waals surface area contributed by atoms with Gasteiger partial charge in [-0.1, -0.05) is 36.4 Å². The van der Waals surface area contributed by atoms with Crippen molar-refractivity contribution in [2.24, 2.45) is 0 Å². The first kappa shape index (κ1) is 18.2. The van der Waals surface area contributed by atoms with Gasteiger partial charge in [0.25, 0.3) is 5.91 Å². The minimum absolute atomic E-state index is 0.237. The van der Waals surface area contributed by atoms with Gasteiger partial charge in [-0.2, -0.15) is 0 Å². The molecule has 0 saturated heterocycles. The number of amides is 2. The second-order valence-corrected chi connectivity index (χ2v) is 5.51. The molecular formula is C19H20N2O4. The van der Waals surface area contributed by atoms with Crippen LogP contribution in [0.5, 0.6) is 0 Å². The van der Waals surface area contributed by atoms with Gasteiger partial charge in [-0.15, -0.1) is 0 Å². The summed E-state index contributed by atoms with van der Waals surface area (Å²) in [5.41, 5.74) is 1.70. The quantitative estimate of drug-likeness (QED) is 0.791. The molecule has 0 aliphatic heterocycles. The molecule has 2 aromatic carbocycles. The maximum absolute atomic E-state index is 12.2. The van der Waals surface area contributed by atoms with Crippen molar-refractivity contribution in [3.63, 3.8) is 0 Å². The van der Waals surface area contributed by atoms with E-state index in [1.165, 1.54) is 19.9 Å². The molecule has 1 unspecified atom stereocenters. The van der Waals surface area contributed by atoms with Gasteiger partial charge in [-0.25, -0.2) is 4.79 Å². The highest BCUT2D eigenvalue weighted by Crippen LogP contribution is 2.12. The fraction of sp³-hybridized carbons (Fsp3) is 0.211. The van der Waals surface area contributed by atoms with Crippen LogP contribution in [-0.4, -0.2) is 23.9 Å². The van der Waals surface area contributed by atoms with E-state index in [0.29, 0.717) is 12.2 Å². The molecule has 0 spiro atoms. The number of anilines is 1. The van der Waals surface area contributed by atoms with Gasteiger partial charge in [-0.3, -0.25) is 9.59 Å². The van der Waals surface area contributed by atoms with Gasteiger partial charge in [0.2, 0.25) is 5.91 Å². The Balaban J connectivity index is 1.90. The van der Waals surface area contributed by atoms with Crippen LogP contribution in [0.3, 0.4) is 0 Å². The minimum Gasteiger partial charge on any atom is -0.449 e. The number of hydrogen-bond donors (Lipinski definition) is 2. The summed E-state index contributed by atoms with van der Waals surface area (Å²) in [5.74, 6) is -1.25. The largest absolute Gasteiger partial charge is 0.449 e. The number of hydrogen-bond acceptors (Lipinski definition) is 4. The molecule has 0 aliphatic rings. The molecule has 6 heteroatoms. The fourth-order valence-electron chi connectivity index (χ4n) is 2.14. The standard InChI is InChI=1S/C19H20N2O4/c1-13(18(23)20-12-15-7-4-3-5-8-15)25-19(24)16-9-6-10-17(11-16)21-14(2)22/h3-11,13H,12H2,1-2H3,(H,20,23)(H,21,22). The van der Waals surface area contributed by atoms with Crippen LogP contribution in [0.1, 0.15) is 29.8 Å². The van der Waals surface area contributed by atoms with E-state index in [1.54, 1.807) is 18.2 Å². The molecule has 2 aromatic rings. The van der Waals surface area contributed by atoms with Crippen LogP contribution in [0.2, 0.25) is 0 Å². The molecule has 0 heterocycles. The average Bonchev–Trinajstić information content (AvgIpc) is 2.60. The van der Waals surface area contributed by atoms with Crippen LogP contribution in [0.25, 0.3) is 0 Å². The second kappa shape index (κ2) is 8.63. The molecule has 0 radical (unpaired) electrons. The van der Waals surface area contributed by atoms with Crippen molar-refractivity contribution in [3.8, 4) is 0 Å². The minimum atomic E-state index is -0.930. The van der Waals surface area contributed by atoms with Gasteiger partial charge in [0.1, 0.15) is 0 Å². The van der Waals surface area contributed by atoms with Gasteiger partial charge in [0, 0.05) is 19.2 Å². The second-order valence-electron chi connectivity index (χ2n) is 5.51. The van der Waals surface area contributed by atoms with E-state index in [2.05, 4.69) is 10.6 Å². The lowest BCUT2D eigenvalue weighted by atomic mass is 10.2. The maximum atomic E-state index is 12.2. The van der Waals surface area contributed by atoms with Crippen LogP contribution in [0.15, 0.2) is 54.6 Å². The summed E-state index contributed by atoms with van der Waals surface area (Å²) in [7, 11) is 0. The van der Waals surface area contributed by atoms with Crippen molar-refractivity contribution in [1.82, 2.24) is 5.32 Å². The lowest BCUT2D eigenvalue weighted by molar-refractivity contribution is -0.129. The molecule has 2 amide bonds. The Bertz CT molecular complexity index is 759. The number of nitrogens with one attached hydrogen (secondary N) is 2. The van der Waals surface area contributed by atoms with Crippen LogP contribution < -0.4 is 10.6 Å². The van der Waals surface area contributed by atoms with E-state index < -0.39 is 12.1 Å². The van der Waals surface area contributed by atoms with Crippen LogP contribution >= 0.6 is 0 Å². The van der Waals surface area contributed by atoms with E-state index >= 15 is 0 Å². The molecule has 2 rings (SSSR count). The third-order valence-electron chi connectivity index (χ3n) is 3.38. The van der Waals surface area contributed by atoms with Crippen LogP contribution in [-0.2, 0) is 20.9 Å². The summed E-state index contributed by atoms with van der Waals surface area (Å²) < 4.78 is 5.18. The van der Waals surface area contributed by atoms with Crippen molar-refractivity contribution in [1.29, 1.82) is 0 Å². The van der Waals surface area contributed by atoms with E-state index in [1.807, 2.05) is 30.3 Å². The zero-order valence-corrected chi connectivity index (χ0v) is 14.1. The molecule has 0 saturated carbocycles. The zero-order valence-electron chi connectivity index (χ0n) is 14.1. The Labute approximate surface area is 146 Å². The predicted molar refractivity (Wildman–Crippen MR) is 93.9 cm³/mol. The molecule has 25 heavy (non-hydrogen) atoms. The Hall–Kier alpha value is -3.15. The summed E-state index contributed by atoms with van der Waals surface area (Å²) in [6.07, 6.45) is -0.930. The van der Waals surface area contributed by atoms with Crippen molar-refractivity contribution in [3.05, 3.63) is 65.7 Å². The third-order valence-corrected chi connectivity index (χ3v) is 3.38. The SMILES string of the molecule is CC(=O)Nc1cccc(C(=O)OC(C)C(=O)NCc2ccccc2)c1. The fourth-order valence-corrected chi connectivity index (χ4v) is 2.14. The highest BCUT2D eigenvalue weighted by molar-refractivity contribution is 5.95. The number of carbonyl (C=O) groups is 3. The molecule has 0 bridgehead atoms. The number of rotatable bonds is 6. The highest BCUT2D eigenvalue weighted by Gasteiger charge is 2.19. The number of esters is 1. The molecular weight excluding hydrogens is 320 g/mol. The third kappa shape index (κ3) is 5.76. The lowest BCUT2D eigenvalue weighted by Crippen LogP contribution is -2.35. The molecule has 0 fully saturated rings. The maximum Gasteiger partial charge on any atom is 0.338 e. The van der Waals surface area contributed by atoms with Gasteiger partial charge in [0.15, 0.2) is 6.10 Å². The van der Waals surface area contributed by atoms with Crippen molar-refractivity contribution in [2.45, 2.75) is 26.5 Å². The van der Waals surface area contributed by atoms with Gasteiger partial charge in [0.05, 0.1) is 5.56 Å². The summed E-state index contributed by atoms with van der Waals surface area (Å²) in [5, 5.41) is 5.31. The van der Waals surface area contributed by atoms with Gasteiger partial charge < -0.3 is 15.4 Å². The highest BCUT2D eigenvalue weighted by atomic mass is 16.5. The first-order chi connectivity index (χ1) is 12.0. The van der Waals surface area contributed by atoms with Crippen molar-refractivity contribution in [2.75, 3.05) is 5.32 Å². The first-order valence-corrected chi connectivity index (χ1v) is 7.86. The van der Waals surface area contributed by atoms with Gasteiger partial charge >= 0.3 is 5.97 Å². The summed E-state index contributed by atoms with van der Waals surface area (Å²) in [6, 6.07) is 15.8. The first-order valence-electron chi connectivity index (χ1n) is 7.86. The van der Waals surface area contributed by atoms with Crippen molar-refractivity contribution >= 4 is 23.5 Å². The number of ether oxygens (including phenoxy) is 1. The Kier molecular flexibility index (Phi) is 6.28. The van der Waals surface area contributed by atoms with E-state index in [4.69, 9.17) is 4.74 Å². The molecule has 2 N–H and O–H groups in total. The number of benzene rings is 2. The molecule has 130 valence electrons. The topological polar surface area (TPSA) is 84.5 Å².